The van der Waals surface area contributed by atoms with Gasteiger partial charge in [-0.05, 0) is 55.2 Å². The number of hydrogen-bond acceptors (Lipinski definition) is 5. The third kappa shape index (κ3) is 4.57. The molecule has 162 valence electrons. The predicted molar refractivity (Wildman–Crippen MR) is 129 cm³/mol. The Labute approximate surface area is 192 Å². The number of rotatable bonds is 7. The second kappa shape index (κ2) is 9.78. The fourth-order valence-corrected chi connectivity index (χ4v) is 4.34. The van der Waals surface area contributed by atoms with Crippen molar-refractivity contribution in [3.05, 3.63) is 83.7 Å². The molecule has 4 rings (SSSR count). The molecule has 2 heterocycles. The third-order valence-corrected chi connectivity index (χ3v) is 6.19. The largest absolute Gasteiger partial charge is 0.325 e. The van der Waals surface area contributed by atoms with Gasteiger partial charge < -0.3 is 5.32 Å². The Hall–Kier alpha value is -3.45. The summed E-state index contributed by atoms with van der Waals surface area (Å²) < 4.78 is 2.01. The summed E-state index contributed by atoms with van der Waals surface area (Å²) in [7, 11) is 0. The average Bonchev–Trinajstić information content (AvgIpc) is 3.23. The number of hydrogen-bond donors (Lipinski definition) is 1. The van der Waals surface area contributed by atoms with Crippen LogP contribution in [0.2, 0.25) is 0 Å². The van der Waals surface area contributed by atoms with Crippen molar-refractivity contribution in [3.63, 3.8) is 0 Å². The van der Waals surface area contributed by atoms with Crippen molar-refractivity contribution in [2.45, 2.75) is 32.3 Å². The maximum Gasteiger partial charge on any atom is 0.234 e. The molecule has 0 atom stereocenters. The molecule has 0 fully saturated rings. The van der Waals surface area contributed by atoms with E-state index in [1.54, 1.807) is 12.4 Å². The number of nitrogens with one attached hydrogen (secondary N) is 1. The van der Waals surface area contributed by atoms with Crippen LogP contribution in [-0.2, 0) is 11.2 Å². The van der Waals surface area contributed by atoms with Crippen molar-refractivity contribution < 1.29 is 4.79 Å². The molecular formula is C25H25N5OS. The number of benzene rings is 2. The Morgan fingerprint density at radius 2 is 1.72 bits per heavy atom. The second-order valence-corrected chi connectivity index (χ2v) is 8.41. The number of pyridine rings is 1. The van der Waals surface area contributed by atoms with Gasteiger partial charge in [0.15, 0.2) is 11.0 Å². The zero-order valence-corrected chi connectivity index (χ0v) is 19.2. The molecule has 2 aromatic heterocycles. The molecule has 32 heavy (non-hydrogen) atoms. The lowest BCUT2D eigenvalue weighted by atomic mass is 10.1. The minimum atomic E-state index is -0.0659. The Morgan fingerprint density at radius 3 is 2.47 bits per heavy atom. The summed E-state index contributed by atoms with van der Waals surface area (Å²) in [4.78, 5) is 16.9. The Morgan fingerprint density at radius 1 is 0.969 bits per heavy atom. The number of carbonyl (C=O) groups excluding carboxylic acids is 1. The van der Waals surface area contributed by atoms with Crippen molar-refractivity contribution in [1.82, 2.24) is 19.7 Å². The van der Waals surface area contributed by atoms with Gasteiger partial charge in [-0.1, -0.05) is 55.1 Å². The van der Waals surface area contributed by atoms with Crippen LogP contribution >= 0.6 is 11.8 Å². The molecule has 0 unspecified atom stereocenters. The lowest BCUT2D eigenvalue weighted by Crippen LogP contribution is -2.16. The lowest BCUT2D eigenvalue weighted by molar-refractivity contribution is -0.113. The topological polar surface area (TPSA) is 72.7 Å². The zero-order chi connectivity index (χ0) is 22.5. The first-order valence-electron chi connectivity index (χ1n) is 10.5. The molecule has 0 radical (unpaired) electrons. The summed E-state index contributed by atoms with van der Waals surface area (Å²) >= 11 is 1.37. The molecule has 6 nitrogen and oxygen atoms in total. The van der Waals surface area contributed by atoms with Crippen LogP contribution in [0, 0.1) is 13.8 Å². The van der Waals surface area contributed by atoms with E-state index in [1.807, 2.05) is 60.0 Å². The Kier molecular flexibility index (Phi) is 6.66. The smallest absolute Gasteiger partial charge is 0.234 e. The highest BCUT2D eigenvalue weighted by molar-refractivity contribution is 7.99. The molecule has 1 N–H and O–H groups in total. The van der Waals surface area contributed by atoms with Gasteiger partial charge in [0.2, 0.25) is 5.91 Å². The van der Waals surface area contributed by atoms with Crippen LogP contribution in [0.4, 0.5) is 5.69 Å². The lowest BCUT2D eigenvalue weighted by Gasteiger charge is -2.14. The van der Waals surface area contributed by atoms with Crippen LogP contribution in [-0.4, -0.2) is 31.4 Å². The number of thioether (sulfide) groups is 1. The van der Waals surface area contributed by atoms with Crippen molar-refractivity contribution in [2.75, 3.05) is 11.1 Å². The minimum absolute atomic E-state index is 0.0659. The maximum atomic E-state index is 12.8. The van der Waals surface area contributed by atoms with Gasteiger partial charge in [0.1, 0.15) is 0 Å². The summed E-state index contributed by atoms with van der Waals surface area (Å²) in [6.45, 7) is 6.15. The van der Waals surface area contributed by atoms with Crippen LogP contribution in [0.5, 0.6) is 0 Å². The summed E-state index contributed by atoms with van der Waals surface area (Å²) in [6, 6.07) is 18.0. The number of anilines is 1. The van der Waals surface area contributed by atoms with Gasteiger partial charge >= 0.3 is 0 Å². The molecule has 0 aliphatic heterocycles. The molecule has 0 aliphatic rings. The average molecular weight is 444 g/mol. The summed E-state index contributed by atoms with van der Waals surface area (Å²) in [5.41, 5.74) is 6.09. The number of aromatic nitrogens is 4. The fraction of sp³-hybridized carbons (Fsp3) is 0.200. The van der Waals surface area contributed by atoms with E-state index in [1.165, 1.54) is 11.8 Å². The van der Waals surface area contributed by atoms with E-state index in [0.717, 1.165) is 45.9 Å². The summed E-state index contributed by atoms with van der Waals surface area (Å²) in [6.07, 6.45) is 4.33. The van der Waals surface area contributed by atoms with Crippen molar-refractivity contribution >= 4 is 23.4 Å². The first-order valence-corrected chi connectivity index (χ1v) is 11.5. The van der Waals surface area contributed by atoms with Crippen LogP contribution < -0.4 is 5.32 Å². The van der Waals surface area contributed by atoms with Crippen molar-refractivity contribution in [2.24, 2.45) is 0 Å². The predicted octanol–water partition coefficient (Wildman–Crippen LogP) is 5.24. The van der Waals surface area contributed by atoms with Gasteiger partial charge in [-0.25, -0.2) is 0 Å². The van der Waals surface area contributed by atoms with Crippen molar-refractivity contribution in [1.29, 1.82) is 0 Å². The van der Waals surface area contributed by atoms with Crippen LogP contribution in [0.3, 0.4) is 0 Å². The number of nitrogens with zero attached hydrogens (tertiary/aromatic N) is 4. The van der Waals surface area contributed by atoms with Crippen LogP contribution in [0.15, 0.2) is 72.1 Å². The maximum absolute atomic E-state index is 12.8. The van der Waals surface area contributed by atoms with E-state index in [9.17, 15) is 4.79 Å². The molecule has 0 saturated heterocycles. The van der Waals surface area contributed by atoms with Gasteiger partial charge in [0, 0.05) is 23.6 Å². The molecule has 0 bridgehead atoms. The highest BCUT2D eigenvalue weighted by Gasteiger charge is 2.19. The third-order valence-electron chi connectivity index (χ3n) is 5.27. The SMILES string of the molecule is CCc1cccc(C)c1NC(=O)CSc1nnc(-c2ccncc2)n1-c1ccccc1C. The number of aryl methyl sites for hydroxylation is 3. The van der Waals surface area contributed by atoms with Gasteiger partial charge in [-0.3, -0.25) is 14.3 Å². The van der Waals surface area contributed by atoms with E-state index in [-0.39, 0.29) is 11.7 Å². The summed E-state index contributed by atoms with van der Waals surface area (Å²) in [5.74, 6) is 0.887. The van der Waals surface area contributed by atoms with Crippen LogP contribution in [0.25, 0.3) is 17.1 Å². The quantitative estimate of drug-likeness (QED) is 0.396. The fourth-order valence-electron chi connectivity index (χ4n) is 3.59. The molecule has 2 aromatic carbocycles. The molecule has 0 aliphatic carbocycles. The first kappa shape index (κ1) is 21.8. The van der Waals surface area contributed by atoms with E-state index < -0.39 is 0 Å². The van der Waals surface area contributed by atoms with E-state index >= 15 is 0 Å². The van der Waals surface area contributed by atoms with Crippen molar-refractivity contribution in [3.8, 4) is 17.1 Å². The van der Waals surface area contributed by atoms with Gasteiger partial charge in [-0.15, -0.1) is 10.2 Å². The molecule has 1 amide bonds. The minimum Gasteiger partial charge on any atom is -0.325 e. The number of carbonyl (C=O) groups is 1. The molecular weight excluding hydrogens is 418 g/mol. The summed E-state index contributed by atoms with van der Waals surface area (Å²) in [5, 5.41) is 12.6. The van der Waals surface area contributed by atoms with E-state index in [4.69, 9.17) is 0 Å². The number of amides is 1. The number of para-hydroxylation sites is 2. The first-order chi connectivity index (χ1) is 15.6. The standard InChI is InChI=1S/C25H25N5OS/c1-4-19-10-7-9-18(3)23(19)27-22(31)16-32-25-29-28-24(20-12-14-26-15-13-20)30(25)21-11-6-5-8-17(21)2/h5-15H,4,16H2,1-3H3,(H,27,31). The van der Waals surface area contributed by atoms with Gasteiger partial charge in [0.25, 0.3) is 0 Å². The Bertz CT molecular complexity index is 1240. The molecule has 0 spiro atoms. The zero-order valence-electron chi connectivity index (χ0n) is 18.4. The highest BCUT2D eigenvalue weighted by Crippen LogP contribution is 2.29. The monoisotopic (exact) mass is 443 g/mol. The molecule has 7 heteroatoms. The van der Waals surface area contributed by atoms with Gasteiger partial charge in [-0.2, -0.15) is 0 Å². The molecule has 0 saturated carbocycles. The molecule has 4 aromatic rings. The second-order valence-electron chi connectivity index (χ2n) is 7.46. The van der Waals surface area contributed by atoms with Gasteiger partial charge in [0.05, 0.1) is 11.4 Å². The van der Waals surface area contributed by atoms with Crippen LogP contribution in [0.1, 0.15) is 23.6 Å². The normalized spacial score (nSPS) is 10.8. The Balaban J connectivity index is 1.62. The van der Waals surface area contributed by atoms with E-state index in [0.29, 0.717) is 5.16 Å². The van der Waals surface area contributed by atoms with E-state index in [2.05, 4.69) is 40.4 Å². The highest BCUT2D eigenvalue weighted by atomic mass is 32.2.